The molecule has 0 aromatic heterocycles. The third-order valence-electron chi connectivity index (χ3n) is 1.81. The number of allylic oxidation sites excluding steroid dienone is 1. The summed E-state index contributed by atoms with van der Waals surface area (Å²) in [6.07, 6.45) is 3.16. The molecule has 1 N–H and O–H groups in total. The predicted molar refractivity (Wildman–Crippen MR) is 53.7 cm³/mol. The highest BCUT2D eigenvalue weighted by atomic mass is 16.1. The smallest absolute Gasteiger partial charge is 0.187 e. The third-order valence-corrected chi connectivity index (χ3v) is 1.81. The van der Waals surface area contributed by atoms with Crippen LogP contribution >= 0.6 is 0 Å². The predicted octanol–water partition coefficient (Wildman–Crippen LogP) is 1.91. The summed E-state index contributed by atoms with van der Waals surface area (Å²) in [5.74, 6) is 0.0347. The van der Waals surface area contributed by atoms with Gasteiger partial charge >= 0.3 is 0 Å². The Bertz CT molecular complexity index is 329. The quantitative estimate of drug-likeness (QED) is 0.561. The van der Waals surface area contributed by atoms with E-state index in [0.29, 0.717) is 0 Å². The molecule has 0 bridgehead atoms. The van der Waals surface area contributed by atoms with Crippen molar-refractivity contribution in [2.75, 3.05) is 7.05 Å². The summed E-state index contributed by atoms with van der Waals surface area (Å²) < 4.78 is 0. The summed E-state index contributed by atoms with van der Waals surface area (Å²) in [6.45, 7) is 1.93. The number of ketones is 1. The summed E-state index contributed by atoms with van der Waals surface area (Å²) in [5, 5.41) is 2.79. The fourth-order valence-electron chi connectivity index (χ4n) is 1.10. The van der Waals surface area contributed by atoms with Crippen LogP contribution in [0.4, 0.5) is 0 Å². The lowest BCUT2D eigenvalue weighted by molar-refractivity contribution is 0.104. The normalized spacial score (nSPS) is 10.3. The van der Waals surface area contributed by atoms with Crippen molar-refractivity contribution in [1.29, 1.82) is 0 Å². The summed E-state index contributed by atoms with van der Waals surface area (Å²) in [5.41, 5.74) is 1.77. The number of carbonyl (C=O) groups is 1. The molecule has 68 valence electrons. The molecule has 2 nitrogen and oxygen atoms in total. The SMILES string of the molecule is CN/C=C/C(=O)c1ccccc1C. The van der Waals surface area contributed by atoms with Gasteiger partial charge in [-0.05, 0) is 12.5 Å². The monoisotopic (exact) mass is 175 g/mol. The minimum absolute atomic E-state index is 0.0347. The van der Waals surface area contributed by atoms with Crippen LogP contribution in [0.3, 0.4) is 0 Å². The number of hydrogen-bond acceptors (Lipinski definition) is 2. The van der Waals surface area contributed by atoms with Crippen LogP contribution < -0.4 is 5.32 Å². The van der Waals surface area contributed by atoms with Gasteiger partial charge in [0, 0.05) is 24.9 Å². The summed E-state index contributed by atoms with van der Waals surface area (Å²) in [6, 6.07) is 7.56. The number of aryl methyl sites for hydroxylation is 1. The Morgan fingerprint density at radius 2 is 2.08 bits per heavy atom. The standard InChI is InChI=1S/C11H13NO/c1-9-5-3-4-6-10(9)11(13)7-8-12-2/h3-8,12H,1-2H3/b8-7+. The zero-order valence-electron chi connectivity index (χ0n) is 7.87. The Hall–Kier alpha value is -1.57. The van der Waals surface area contributed by atoms with Gasteiger partial charge in [-0.2, -0.15) is 0 Å². The Balaban J connectivity index is 2.89. The van der Waals surface area contributed by atoms with Crippen molar-refractivity contribution in [3.05, 3.63) is 47.7 Å². The van der Waals surface area contributed by atoms with Gasteiger partial charge in [0.15, 0.2) is 5.78 Å². The molecule has 0 saturated heterocycles. The fraction of sp³-hybridized carbons (Fsp3) is 0.182. The number of benzene rings is 1. The molecule has 1 aromatic rings. The molecule has 0 aliphatic rings. The Labute approximate surface area is 78.3 Å². The molecule has 1 rings (SSSR count). The van der Waals surface area contributed by atoms with Crippen LogP contribution in [0.5, 0.6) is 0 Å². The van der Waals surface area contributed by atoms with Crippen LogP contribution in [0, 0.1) is 6.92 Å². The van der Waals surface area contributed by atoms with Gasteiger partial charge in [0.2, 0.25) is 0 Å². The Morgan fingerprint density at radius 1 is 1.38 bits per heavy atom. The van der Waals surface area contributed by atoms with E-state index in [1.807, 2.05) is 31.2 Å². The van der Waals surface area contributed by atoms with E-state index in [4.69, 9.17) is 0 Å². The van der Waals surface area contributed by atoms with E-state index in [1.165, 1.54) is 6.08 Å². The molecule has 0 aliphatic carbocycles. The van der Waals surface area contributed by atoms with E-state index in [9.17, 15) is 4.79 Å². The first-order chi connectivity index (χ1) is 6.25. The Morgan fingerprint density at radius 3 is 2.69 bits per heavy atom. The zero-order chi connectivity index (χ0) is 9.68. The zero-order valence-corrected chi connectivity index (χ0v) is 7.87. The molecule has 0 heterocycles. The molecular weight excluding hydrogens is 162 g/mol. The number of nitrogens with one attached hydrogen (secondary N) is 1. The summed E-state index contributed by atoms with van der Waals surface area (Å²) >= 11 is 0. The average molecular weight is 175 g/mol. The van der Waals surface area contributed by atoms with Crippen molar-refractivity contribution < 1.29 is 4.79 Å². The maximum absolute atomic E-state index is 11.5. The molecular formula is C11H13NO. The van der Waals surface area contributed by atoms with Crippen molar-refractivity contribution >= 4 is 5.78 Å². The molecule has 1 aromatic carbocycles. The first-order valence-corrected chi connectivity index (χ1v) is 4.19. The molecule has 2 heteroatoms. The highest BCUT2D eigenvalue weighted by Gasteiger charge is 2.02. The molecule has 0 unspecified atom stereocenters. The Kier molecular flexibility index (Phi) is 3.26. The van der Waals surface area contributed by atoms with Gasteiger partial charge in [0.05, 0.1) is 0 Å². The molecule has 0 spiro atoms. The van der Waals surface area contributed by atoms with Gasteiger partial charge in [-0.1, -0.05) is 24.3 Å². The average Bonchev–Trinajstić information content (AvgIpc) is 2.15. The second-order valence-electron chi connectivity index (χ2n) is 2.80. The van der Waals surface area contributed by atoms with E-state index < -0.39 is 0 Å². The van der Waals surface area contributed by atoms with Crippen molar-refractivity contribution in [3.63, 3.8) is 0 Å². The molecule has 0 amide bonds. The molecule has 0 aliphatic heterocycles. The molecule has 0 saturated carbocycles. The van der Waals surface area contributed by atoms with Gasteiger partial charge in [-0.3, -0.25) is 4.79 Å². The van der Waals surface area contributed by atoms with Crippen LogP contribution in [-0.2, 0) is 0 Å². The van der Waals surface area contributed by atoms with Gasteiger partial charge in [0.1, 0.15) is 0 Å². The second-order valence-corrected chi connectivity index (χ2v) is 2.80. The van der Waals surface area contributed by atoms with Gasteiger partial charge in [-0.25, -0.2) is 0 Å². The second kappa shape index (κ2) is 4.45. The van der Waals surface area contributed by atoms with E-state index in [-0.39, 0.29) is 5.78 Å². The van der Waals surface area contributed by atoms with Crippen LogP contribution in [0.25, 0.3) is 0 Å². The maximum Gasteiger partial charge on any atom is 0.187 e. The topological polar surface area (TPSA) is 29.1 Å². The van der Waals surface area contributed by atoms with Crippen LogP contribution in [-0.4, -0.2) is 12.8 Å². The van der Waals surface area contributed by atoms with Gasteiger partial charge in [0.25, 0.3) is 0 Å². The van der Waals surface area contributed by atoms with Crippen LogP contribution in [0.15, 0.2) is 36.5 Å². The lowest BCUT2D eigenvalue weighted by Gasteiger charge is -1.99. The van der Waals surface area contributed by atoms with Crippen LogP contribution in [0.2, 0.25) is 0 Å². The minimum Gasteiger partial charge on any atom is -0.394 e. The largest absolute Gasteiger partial charge is 0.394 e. The first kappa shape index (κ1) is 9.52. The summed E-state index contributed by atoms with van der Waals surface area (Å²) in [7, 11) is 1.77. The highest BCUT2D eigenvalue weighted by Crippen LogP contribution is 2.07. The van der Waals surface area contributed by atoms with Crippen molar-refractivity contribution in [1.82, 2.24) is 5.32 Å². The molecule has 0 atom stereocenters. The summed E-state index contributed by atoms with van der Waals surface area (Å²) in [4.78, 5) is 11.5. The van der Waals surface area contributed by atoms with Crippen molar-refractivity contribution in [3.8, 4) is 0 Å². The van der Waals surface area contributed by atoms with Crippen LogP contribution in [0.1, 0.15) is 15.9 Å². The molecule has 0 fully saturated rings. The maximum atomic E-state index is 11.5. The van der Waals surface area contributed by atoms with Crippen molar-refractivity contribution in [2.45, 2.75) is 6.92 Å². The fourth-order valence-corrected chi connectivity index (χ4v) is 1.10. The lowest BCUT2D eigenvalue weighted by atomic mass is 10.1. The van der Waals surface area contributed by atoms with Gasteiger partial charge in [-0.15, -0.1) is 0 Å². The van der Waals surface area contributed by atoms with E-state index >= 15 is 0 Å². The minimum atomic E-state index is 0.0347. The molecule has 13 heavy (non-hydrogen) atoms. The van der Waals surface area contributed by atoms with E-state index in [1.54, 1.807) is 13.2 Å². The highest BCUT2D eigenvalue weighted by molar-refractivity contribution is 6.05. The molecule has 0 radical (unpaired) electrons. The number of rotatable bonds is 3. The van der Waals surface area contributed by atoms with Gasteiger partial charge < -0.3 is 5.32 Å². The van der Waals surface area contributed by atoms with Crippen molar-refractivity contribution in [2.24, 2.45) is 0 Å². The van der Waals surface area contributed by atoms with E-state index in [2.05, 4.69) is 5.32 Å². The number of hydrogen-bond donors (Lipinski definition) is 1. The number of carbonyl (C=O) groups excluding carboxylic acids is 1. The lowest BCUT2D eigenvalue weighted by Crippen LogP contribution is -2.00. The first-order valence-electron chi connectivity index (χ1n) is 4.19. The van der Waals surface area contributed by atoms with E-state index in [0.717, 1.165) is 11.1 Å². The third kappa shape index (κ3) is 2.44.